The third kappa shape index (κ3) is 2.26. The van der Waals surface area contributed by atoms with Crippen LogP contribution in [0.5, 0.6) is 0 Å². The second kappa shape index (κ2) is 4.19. The topological polar surface area (TPSA) is 0 Å². The van der Waals surface area contributed by atoms with E-state index in [1.807, 2.05) is 0 Å². The molecule has 0 fully saturated rings. The molecule has 0 heterocycles. The van der Waals surface area contributed by atoms with E-state index < -0.39 is 0 Å². The van der Waals surface area contributed by atoms with Crippen molar-refractivity contribution >= 4 is 27.8 Å². The van der Waals surface area contributed by atoms with Crippen molar-refractivity contribution < 1.29 is 0 Å². The van der Waals surface area contributed by atoms with Crippen LogP contribution in [0.25, 0.3) is 0 Å². The first kappa shape index (κ1) is 9.17. The predicted octanol–water partition coefficient (Wildman–Crippen LogP) is 1.86. The van der Waals surface area contributed by atoms with Gasteiger partial charge in [-0.3, -0.25) is 0 Å². The van der Waals surface area contributed by atoms with Crippen molar-refractivity contribution in [1.29, 1.82) is 0 Å². The Labute approximate surface area is 72.4 Å². The summed E-state index contributed by atoms with van der Waals surface area (Å²) < 4.78 is 0. The fraction of sp³-hybridized carbons (Fsp3) is 0.333. The first-order valence-electron chi connectivity index (χ1n) is 3.74. The Balaban J connectivity index is 3.02. The smallest absolute Gasteiger partial charge is 0.0239 e. The molecular weight excluding hydrogens is 170 g/mol. The molecule has 2 atom stereocenters. The van der Waals surface area contributed by atoms with E-state index >= 15 is 0 Å². The molecule has 1 aromatic carbocycles. The lowest BCUT2D eigenvalue weighted by molar-refractivity contribution is 1.53. The maximum Gasteiger partial charge on any atom is -0.0239 e. The van der Waals surface area contributed by atoms with Gasteiger partial charge in [0.1, 0.15) is 0 Å². The van der Waals surface area contributed by atoms with Gasteiger partial charge in [-0.05, 0) is 42.5 Å². The minimum atomic E-state index is 0.930. The summed E-state index contributed by atoms with van der Waals surface area (Å²) in [5.74, 6) is 0. The minimum Gasteiger partial charge on any atom is -0.0936 e. The Morgan fingerprint density at radius 3 is 2.36 bits per heavy atom. The molecule has 0 radical (unpaired) electrons. The van der Waals surface area contributed by atoms with Gasteiger partial charge in [-0.1, -0.05) is 29.3 Å². The quantitative estimate of drug-likeness (QED) is 0.615. The third-order valence-electron chi connectivity index (χ3n) is 1.80. The monoisotopic (exact) mass is 184 g/mol. The lowest BCUT2D eigenvalue weighted by Gasteiger charge is -2.04. The molecule has 0 N–H and O–H groups in total. The molecule has 1 rings (SSSR count). The van der Waals surface area contributed by atoms with Crippen LogP contribution in [0.1, 0.15) is 5.56 Å². The Morgan fingerprint density at radius 1 is 1.09 bits per heavy atom. The lowest BCUT2D eigenvalue weighted by atomic mass is 10.2. The van der Waals surface area contributed by atoms with E-state index in [4.69, 9.17) is 0 Å². The fourth-order valence-corrected chi connectivity index (χ4v) is 2.51. The molecule has 0 aliphatic carbocycles. The highest BCUT2D eigenvalue weighted by Gasteiger charge is 1.95. The Hall–Kier alpha value is 0.0800. The molecule has 0 bridgehead atoms. The molecule has 2 unspecified atom stereocenters. The van der Waals surface area contributed by atoms with Crippen LogP contribution in [-0.2, 0) is 0 Å². The van der Waals surface area contributed by atoms with Crippen molar-refractivity contribution in [2.45, 2.75) is 6.92 Å². The highest BCUT2D eigenvalue weighted by Crippen LogP contribution is 2.10. The summed E-state index contributed by atoms with van der Waals surface area (Å²) in [5.41, 5.74) is 1.44. The van der Waals surface area contributed by atoms with Crippen LogP contribution in [0.2, 0.25) is 0 Å². The van der Waals surface area contributed by atoms with E-state index in [1.54, 1.807) is 0 Å². The van der Waals surface area contributed by atoms with Crippen molar-refractivity contribution in [1.82, 2.24) is 0 Å². The van der Waals surface area contributed by atoms with Gasteiger partial charge in [0.25, 0.3) is 0 Å². The largest absolute Gasteiger partial charge is 0.0936 e. The van der Waals surface area contributed by atoms with Gasteiger partial charge in [-0.15, -0.1) is 0 Å². The molecule has 0 saturated carbocycles. The second-order valence-electron chi connectivity index (χ2n) is 2.53. The SMILES string of the molecule is CPc1ccc(C)c(PC)c1. The number of hydrogen-bond acceptors (Lipinski definition) is 0. The summed E-state index contributed by atoms with van der Waals surface area (Å²) in [4.78, 5) is 0. The van der Waals surface area contributed by atoms with Crippen LogP contribution in [0.3, 0.4) is 0 Å². The van der Waals surface area contributed by atoms with Crippen LogP contribution in [0, 0.1) is 6.92 Å². The molecule has 60 valence electrons. The first-order chi connectivity index (χ1) is 5.27. The molecule has 11 heavy (non-hydrogen) atoms. The molecule has 0 aliphatic heterocycles. The van der Waals surface area contributed by atoms with Gasteiger partial charge in [-0.25, -0.2) is 0 Å². The van der Waals surface area contributed by atoms with Crippen LogP contribution in [-0.4, -0.2) is 13.3 Å². The van der Waals surface area contributed by atoms with Gasteiger partial charge in [0, 0.05) is 0 Å². The predicted molar refractivity (Wildman–Crippen MR) is 58.9 cm³/mol. The van der Waals surface area contributed by atoms with Crippen molar-refractivity contribution in [3.63, 3.8) is 0 Å². The summed E-state index contributed by atoms with van der Waals surface area (Å²) in [5, 5.41) is 3.01. The number of aryl methyl sites for hydroxylation is 1. The van der Waals surface area contributed by atoms with Crippen LogP contribution >= 0.6 is 17.2 Å². The van der Waals surface area contributed by atoms with Gasteiger partial charge < -0.3 is 0 Å². The standard InChI is InChI=1S/C9H14P2/c1-7-4-5-8(10-2)6-9(7)11-3/h4-6,10-11H,1-3H3. The summed E-state index contributed by atoms with van der Waals surface area (Å²) in [6.45, 7) is 6.66. The van der Waals surface area contributed by atoms with Crippen molar-refractivity contribution in [2.75, 3.05) is 13.3 Å². The molecule has 2 heteroatoms. The molecule has 1 aromatic rings. The van der Waals surface area contributed by atoms with Gasteiger partial charge in [0.05, 0.1) is 0 Å². The Bertz CT molecular complexity index is 243. The minimum absolute atomic E-state index is 0.930. The van der Waals surface area contributed by atoms with E-state index in [-0.39, 0.29) is 0 Å². The second-order valence-corrected chi connectivity index (χ2v) is 4.65. The van der Waals surface area contributed by atoms with Gasteiger partial charge in [-0.2, -0.15) is 0 Å². The summed E-state index contributed by atoms with van der Waals surface area (Å²) in [6.07, 6.45) is 0. The average Bonchev–Trinajstić information content (AvgIpc) is 2.05. The van der Waals surface area contributed by atoms with Crippen molar-refractivity contribution in [2.24, 2.45) is 0 Å². The highest BCUT2D eigenvalue weighted by molar-refractivity contribution is 7.48. The fourth-order valence-electron chi connectivity index (χ4n) is 1.05. The van der Waals surface area contributed by atoms with Gasteiger partial charge in [0.15, 0.2) is 0 Å². The van der Waals surface area contributed by atoms with E-state index in [9.17, 15) is 0 Å². The zero-order chi connectivity index (χ0) is 8.27. The Kier molecular flexibility index (Phi) is 3.49. The molecule has 0 saturated heterocycles. The lowest BCUT2D eigenvalue weighted by Crippen LogP contribution is -2.06. The van der Waals surface area contributed by atoms with E-state index in [0.29, 0.717) is 0 Å². The van der Waals surface area contributed by atoms with Gasteiger partial charge >= 0.3 is 0 Å². The number of rotatable bonds is 2. The Morgan fingerprint density at radius 2 is 1.82 bits per heavy atom. The average molecular weight is 184 g/mol. The molecule has 0 aliphatic rings. The maximum absolute atomic E-state index is 2.34. The molecule has 0 spiro atoms. The maximum atomic E-state index is 2.34. The first-order valence-corrected chi connectivity index (χ1v) is 6.74. The van der Waals surface area contributed by atoms with Crippen LogP contribution < -0.4 is 10.6 Å². The van der Waals surface area contributed by atoms with Crippen molar-refractivity contribution in [3.8, 4) is 0 Å². The zero-order valence-corrected chi connectivity index (χ0v) is 9.23. The highest BCUT2D eigenvalue weighted by atomic mass is 31.1. The van der Waals surface area contributed by atoms with Crippen LogP contribution in [0.15, 0.2) is 18.2 Å². The molecule has 0 aromatic heterocycles. The van der Waals surface area contributed by atoms with E-state index in [1.165, 1.54) is 16.2 Å². The third-order valence-corrected chi connectivity index (χ3v) is 3.76. The molecule has 0 amide bonds. The summed E-state index contributed by atoms with van der Waals surface area (Å²) in [7, 11) is 1.86. The number of hydrogen-bond donors (Lipinski definition) is 0. The summed E-state index contributed by atoms with van der Waals surface area (Å²) in [6, 6.07) is 6.81. The number of benzene rings is 1. The normalized spacial score (nSPS) is 12.3. The van der Waals surface area contributed by atoms with Gasteiger partial charge in [0.2, 0.25) is 0 Å². The van der Waals surface area contributed by atoms with Crippen LogP contribution in [0.4, 0.5) is 0 Å². The zero-order valence-electron chi connectivity index (χ0n) is 7.23. The van der Waals surface area contributed by atoms with E-state index in [0.717, 1.165) is 17.2 Å². The van der Waals surface area contributed by atoms with E-state index in [2.05, 4.69) is 38.5 Å². The molecule has 0 nitrogen and oxygen atoms in total. The molecular formula is C9H14P2. The van der Waals surface area contributed by atoms with Crippen molar-refractivity contribution in [3.05, 3.63) is 23.8 Å². The summed E-state index contributed by atoms with van der Waals surface area (Å²) >= 11 is 0.